The van der Waals surface area contributed by atoms with E-state index >= 15 is 0 Å². The molecule has 32 heavy (non-hydrogen) atoms. The summed E-state index contributed by atoms with van der Waals surface area (Å²) in [7, 11) is 0. The van der Waals surface area contributed by atoms with Gasteiger partial charge in [0, 0.05) is 32.6 Å². The molecule has 8 nitrogen and oxygen atoms in total. The van der Waals surface area contributed by atoms with E-state index in [1.807, 2.05) is 43.3 Å². The summed E-state index contributed by atoms with van der Waals surface area (Å²) < 4.78 is 3.42. The van der Waals surface area contributed by atoms with Crippen molar-refractivity contribution in [3.8, 4) is 0 Å². The number of nitrogens with zero attached hydrogens (tertiary/aromatic N) is 3. The van der Waals surface area contributed by atoms with Crippen molar-refractivity contribution in [2.75, 3.05) is 23.7 Å². The zero-order valence-electron chi connectivity index (χ0n) is 18.3. The van der Waals surface area contributed by atoms with Crippen LogP contribution in [0.5, 0.6) is 0 Å². The minimum atomic E-state index is -0.216. The number of carbonyl (C=O) groups is 2. The van der Waals surface area contributed by atoms with E-state index in [4.69, 9.17) is 0 Å². The fraction of sp³-hybridized carbons (Fsp3) is 0.375. The summed E-state index contributed by atoms with van der Waals surface area (Å²) >= 11 is 0. The highest BCUT2D eigenvalue weighted by Crippen LogP contribution is 2.22. The maximum absolute atomic E-state index is 12.9. The second-order valence-electron chi connectivity index (χ2n) is 8.04. The van der Waals surface area contributed by atoms with Crippen molar-refractivity contribution in [1.82, 2.24) is 14.0 Å². The minimum Gasteiger partial charge on any atom is -0.325 e. The molecular formula is C24H29N5O3. The van der Waals surface area contributed by atoms with Gasteiger partial charge in [-0.3, -0.25) is 13.9 Å². The van der Waals surface area contributed by atoms with Crippen LogP contribution < -0.4 is 16.3 Å². The quantitative estimate of drug-likeness (QED) is 0.590. The summed E-state index contributed by atoms with van der Waals surface area (Å²) in [5.74, 6) is -0.216. The average molecular weight is 436 g/mol. The highest BCUT2D eigenvalue weighted by atomic mass is 16.2. The van der Waals surface area contributed by atoms with Crippen LogP contribution in [-0.2, 0) is 17.9 Å². The minimum absolute atomic E-state index is 0.0980. The van der Waals surface area contributed by atoms with E-state index in [9.17, 15) is 14.4 Å². The van der Waals surface area contributed by atoms with Crippen LogP contribution >= 0.6 is 0 Å². The van der Waals surface area contributed by atoms with E-state index in [1.165, 1.54) is 0 Å². The maximum atomic E-state index is 12.9. The highest BCUT2D eigenvalue weighted by molar-refractivity contribution is 5.99. The summed E-state index contributed by atoms with van der Waals surface area (Å²) in [6, 6.07) is 14.7. The molecule has 0 aliphatic carbocycles. The molecule has 1 aromatic heterocycles. The summed E-state index contributed by atoms with van der Waals surface area (Å²) in [4.78, 5) is 39.8. The summed E-state index contributed by atoms with van der Waals surface area (Å²) in [6.07, 6.45) is 3.03. The number of amides is 3. The van der Waals surface area contributed by atoms with Gasteiger partial charge in [-0.15, -0.1) is 0 Å². The molecule has 0 spiro atoms. The lowest BCUT2D eigenvalue weighted by Crippen LogP contribution is -2.32. The van der Waals surface area contributed by atoms with E-state index in [0.717, 1.165) is 43.4 Å². The normalized spacial score (nSPS) is 13.5. The third-order valence-corrected chi connectivity index (χ3v) is 5.77. The van der Waals surface area contributed by atoms with Crippen molar-refractivity contribution in [3.05, 3.63) is 59.0 Å². The van der Waals surface area contributed by atoms with Crippen LogP contribution in [-0.4, -0.2) is 39.1 Å². The van der Waals surface area contributed by atoms with Crippen molar-refractivity contribution in [1.29, 1.82) is 0 Å². The number of nitrogens with one attached hydrogen (secondary N) is 2. The number of likely N-dealkylation sites (tertiary alicyclic amines) is 1. The van der Waals surface area contributed by atoms with E-state index < -0.39 is 0 Å². The third-order valence-electron chi connectivity index (χ3n) is 5.77. The number of carbonyl (C=O) groups excluding carboxylic acids is 2. The zero-order valence-corrected chi connectivity index (χ0v) is 18.3. The molecule has 0 saturated carbocycles. The van der Waals surface area contributed by atoms with Gasteiger partial charge in [0.05, 0.1) is 22.4 Å². The van der Waals surface area contributed by atoms with Crippen LogP contribution in [0.25, 0.3) is 11.0 Å². The monoisotopic (exact) mass is 435 g/mol. The van der Waals surface area contributed by atoms with Gasteiger partial charge in [0.1, 0.15) is 0 Å². The highest BCUT2D eigenvalue weighted by Gasteiger charge is 2.19. The number of fused-ring (bicyclic) bond motifs is 1. The standard InChI is InChI=1S/C24H29N5O3/c1-2-14-28-20-11-5-6-12-21(20)29(24(28)32)17-13-22(30)25-18-9-3-4-10-19(18)26-23(31)27-15-7-8-16-27/h3-6,9-12H,2,7-8,13-17H2,1H3,(H,25,30)(H,26,31). The molecule has 1 aliphatic rings. The van der Waals surface area contributed by atoms with Crippen LogP contribution in [0, 0.1) is 0 Å². The first-order valence-electron chi connectivity index (χ1n) is 11.2. The number of aryl methyl sites for hydroxylation is 2. The lowest BCUT2D eigenvalue weighted by molar-refractivity contribution is -0.116. The molecule has 1 saturated heterocycles. The molecule has 3 amide bonds. The SMILES string of the molecule is CCCn1c(=O)n(CCC(=O)Nc2ccccc2NC(=O)N2CCCC2)c2ccccc21. The van der Waals surface area contributed by atoms with Gasteiger partial charge in [-0.25, -0.2) is 9.59 Å². The molecule has 2 heterocycles. The van der Waals surface area contributed by atoms with Gasteiger partial charge in [0.25, 0.3) is 0 Å². The fourth-order valence-electron chi connectivity index (χ4n) is 4.17. The first-order valence-corrected chi connectivity index (χ1v) is 11.2. The van der Waals surface area contributed by atoms with Gasteiger partial charge < -0.3 is 15.5 Å². The van der Waals surface area contributed by atoms with Crippen LogP contribution in [0.1, 0.15) is 32.6 Å². The van der Waals surface area contributed by atoms with Crippen molar-refractivity contribution in [2.24, 2.45) is 0 Å². The van der Waals surface area contributed by atoms with Crippen molar-refractivity contribution in [2.45, 2.75) is 45.7 Å². The summed E-state index contributed by atoms with van der Waals surface area (Å²) in [5, 5.41) is 5.78. The Bertz CT molecular complexity index is 1170. The molecule has 4 rings (SSSR count). The second kappa shape index (κ2) is 9.72. The largest absolute Gasteiger partial charge is 0.329 e. The van der Waals surface area contributed by atoms with Gasteiger partial charge in [0.15, 0.2) is 0 Å². The van der Waals surface area contributed by atoms with Crippen molar-refractivity contribution < 1.29 is 9.59 Å². The van der Waals surface area contributed by atoms with Gasteiger partial charge in [-0.2, -0.15) is 0 Å². The Labute approximate surface area is 186 Å². The van der Waals surface area contributed by atoms with Gasteiger partial charge in [-0.1, -0.05) is 31.2 Å². The Balaban J connectivity index is 1.45. The van der Waals surface area contributed by atoms with E-state index in [2.05, 4.69) is 10.6 Å². The van der Waals surface area contributed by atoms with Crippen LogP contribution in [0.3, 0.4) is 0 Å². The number of benzene rings is 2. The van der Waals surface area contributed by atoms with E-state index in [0.29, 0.717) is 17.9 Å². The van der Waals surface area contributed by atoms with Gasteiger partial charge >= 0.3 is 11.7 Å². The van der Waals surface area contributed by atoms with E-state index in [1.54, 1.807) is 26.2 Å². The van der Waals surface area contributed by atoms with Crippen molar-refractivity contribution >= 4 is 34.3 Å². The topological polar surface area (TPSA) is 88.4 Å². The lowest BCUT2D eigenvalue weighted by Gasteiger charge is -2.18. The number of hydrogen-bond acceptors (Lipinski definition) is 3. The lowest BCUT2D eigenvalue weighted by atomic mass is 10.2. The molecule has 0 unspecified atom stereocenters. The predicted molar refractivity (Wildman–Crippen MR) is 126 cm³/mol. The Hall–Kier alpha value is -3.55. The zero-order chi connectivity index (χ0) is 22.5. The Morgan fingerprint density at radius 1 is 0.844 bits per heavy atom. The van der Waals surface area contributed by atoms with Crippen LogP contribution in [0.15, 0.2) is 53.3 Å². The number of imidazole rings is 1. The number of rotatable bonds is 7. The Morgan fingerprint density at radius 2 is 1.41 bits per heavy atom. The molecule has 2 aromatic carbocycles. The van der Waals surface area contributed by atoms with Gasteiger partial charge in [-0.05, 0) is 43.5 Å². The van der Waals surface area contributed by atoms with Crippen LogP contribution in [0.4, 0.5) is 16.2 Å². The molecule has 0 atom stereocenters. The Kier molecular flexibility index (Phi) is 6.58. The fourth-order valence-corrected chi connectivity index (χ4v) is 4.17. The molecule has 0 bridgehead atoms. The molecule has 3 aromatic rings. The number of anilines is 2. The number of aromatic nitrogens is 2. The van der Waals surface area contributed by atoms with Crippen molar-refractivity contribution in [3.63, 3.8) is 0 Å². The number of para-hydroxylation sites is 4. The molecular weight excluding hydrogens is 406 g/mol. The second-order valence-corrected chi connectivity index (χ2v) is 8.04. The number of hydrogen-bond donors (Lipinski definition) is 2. The molecule has 1 fully saturated rings. The summed E-state index contributed by atoms with van der Waals surface area (Å²) in [6.45, 7) is 4.46. The molecule has 168 valence electrons. The predicted octanol–water partition coefficient (Wildman–Crippen LogP) is 3.87. The van der Waals surface area contributed by atoms with Gasteiger partial charge in [0.2, 0.25) is 5.91 Å². The average Bonchev–Trinajstić information content (AvgIpc) is 3.42. The molecule has 0 radical (unpaired) electrons. The maximum Gasteiger partial charge on any atom is 0.329 e. The third kappa shape index (κ3) is 4.54. The van der Waals surface area contributed by atoms with Crippen LogP contribution in [0.2, 0.25) is 0 Å². The summed E-state index contributed by atoms with van der Waals surface area (Å²) in [5.41, 5.74) is 2.73. The first-order chi connectivity index (χ1) is 15.6. The smallest absolute Gasteiger partial charge is 0.325 e. The number of urea groups is 1. The Morgan fingerprint density at radius 3 is 2.03 bits per heavy atom. The molecule has 1 aliphatic heterocycles. The first kappa shape index (κ1) is 21.7. The molecule has 8 heteroatoms. The molecule has 2 N–H and O–H groups in total. The van der Waals surface area contributed by atoms with E-state index in [-0.39, 0.29) is 30.6 Å².